The number of carbonyl (C=O) groups is 1. The third-order valence-electron chi connectivity index (χ3n) is 5.52. The van der Waals surface area contributed by atoms with E-state index in [4.69, 9.17) is 23.2 Å². The minimum Gasteiger partial charge on any atom is -0.367 e. The molecule has 0 radical (unpaired) electrons. The average Bonchev–Trinajstić information content (AvgIpc) is 2.64. The molecule has 4 rings (SSSR count). The van der Waals surface area contributed by atoms with Gasteiger partial charge in [0.15, 0.2) is 0 Å². The molecule has 1 saturated carbocycles. The lowest BCUT2D eigenvalue weighted by Gasteiger charge is -2.34. The van der Waals surface area contributed by atoms with E-state index in [1.165, 1.54) is 12.1 Å². The fourth-order valence-corrected chi connectivity index (χ4v) is 4.65. The van der Waals surface area contributed by atoms with Crippen molar-refractivity contribution in [2.45, 2.75) is 38.2 Å². The van der Waals surface area contributed by atoms with Gasteiger partial charge in [-0.25, -0.2) is 13.2 Å². The van der Waals surface area contributed by atoms with Crippen LogP contribution in [0, 0.1) is 11.7 Å². The van der Waals surface area contributed by atoms with Gasteiger partial charge in [0.1, 0.15) is 5.82 Å². The first-order chi connectivity index (χ1) is 13.7. The first-order valence-corrected chi connectivity index (χ1v) is 10.2. The Morgan fingerprint density at radius 2 is 1.90 bits per heavy atom. The van der Waals surface area contributed by atoms with Crippen LogP contribution in [0.5, 0.6) is 0 Å². The smallest absolute Gasteiger partial charge is 0.248 e. The number of benzene rings is 2. The zero-order chi connectivity index (χ0) is 20.8. The van der Waals surface area contributed by atoms with Crippen LogP contribution in [-0.4, -0.2) is 18.4 Å². The number of halogens is 5. The molecule has 0 bridgehead atoms. The van der Waals surface area contributed by atoms with Gasteiger partial charge in [-0.2, -0.15) is 0 Å². The van der Waals surface area contributed by atoms with Crippen LogP contribution in [0.1, 0.15) is 30.4 Å². The van der Waals surface area contributed by atoms with E-state index in [2.05, 4.69) is 10.2 Å². The Hall–Kier alpha value is -1.92. The SMILES string of the molecule is O=C(CC1CC(F)(F)C1)Nc1c(Cl)cc2c(c1Cl)CN(c1ccc(F)cc1)CC2. The normalized spacial score (nSPS) is 18.2. The van der Waals surface area contributed by atoms with Gasteiger partial charge in [-0.05, 0) is 53.8 Å². The first-order valence-electron chi connectivity index (χ1n) is 9.40. The molecule has 0 aromatic heterocycles. The molecule has 1 fully saturated rings. The molecule has 154 valence electrons. The maximum absolute atomic E-state index is 13.2. The molecule has 29 heavy (non-hydrogen) atoms. The summed E-state index contributed by atoms with van der Waals surface area (Å²) >= 11 is 12.9. The van der Waals surface area contributed by atoms with E-state index in [1.807, 2.05) is 0 Å². The summed E-state index contributed by atoms with van der Waals surface area (Å²) in [4.78, 5) is 14.4. The summed E-state index contributed by atoms with van der Waals surface area (Å²) < 4.78 is 39.2. The highest BCUT2D eigenvalue weighted by atomic mass is 35.5. The number of anilines is 2. The van der Waals surface area contributed by atoms with Gasteiger partial charge in [-0.1, -0.05) is 23.2 Å². The Labute approximate surface area is 176 Å². The molecule has 2 aliphatic rings. The molecule has 1 aliphatic carbocycles. The molecule has 3 nitrogen and oxygen atoms in total. The zero-order valence-corrected chi connectivity index (χ0v) is 17.0. The van der Waals surface area contributed by atoms with E-state index >= 15 is 0 Å². The molecule has 1 amide bonds. The van der Waals surface area contributed by atoms with Gasteiger partial charge in [-0.3, -0.25) is 4.79 Å². The highest BCUT2D eigenvalue weighted by Crippen LogP contribution is 2.44. The van der Waals surface area contributed by atoms with Gasteiger partial charge in [0, 0.05) is 38.0 Å². The molecule has 2 aromatic rings. The number of rotatable bonds is 4. The van der Waals surface area contributed by atoms with Gasteiger partial charge in [-0.15, -0.1) is 0 Å². The fourth-order valence-electron chi connectivity index (χ4n) is 4.00. The summed E-state index contributed by atoms with van der Waals surface area (Å²) in [7, 11) is 0. The van der Waals surface area contributed by atoms with Crippen molar-refractivity contribution in [3.8, 4) is 0 Å². The van der Waals surface area contributed by atoms with Crippen molar-refractivity contribution < 1.29 is 18.0 Å². The molecule has 8 heteroatoms. The number of hydrogen-bond donors (Lipinski definition) is 1. The van der Waals surface area contributed by atoms with Gasteiger partial charge in [0.25, 0.3) is 0 Å². The van der Waals surface area contributed by atoms with E-state index in [1.54, 1.807) is 18.2 Å². The van der Waals surface area contributed by atoms with E-state index in [-0.39, 0.29) is 36.9 Å². The van der Waals surface area contributed by atoms with Gasteiger partial charge in [0.05, 0.1) is 15.7 Å². The summed E-state index contributed by atoms with van der Waals surface area (Å²) in [6, 6.07) is 8.02. The highest BCUT2D eigenvalue weighted by molar-refractivity contribution is 6.40. The van der Waals surface area contributed by atoms with Crippen LogP contribution in [0.4, 0.5) is 24.5 Å². The second kappa shape index (κ2) is 7.73. The van der Waals surface area contributed by atoms with Crippen LogP contribution in [0.2, 0.25) is 10.0 Å². The Bertz CT molecular complexity index is 942. The second-order valence-electron chi connectivity index (χ2n) is 7.72. The molecule has 0 spiro atoms. The zero-order valence-electron chi connectivity index (χ0n) is 15.5. The van der Waals surface area contributed by atoms with Crippen LogP contribution in [0.3, 0.4) is 0 Å². The monoisotopic (exact) mass is 442 g/mol. The number of alkyl halides is 2. The van der Waals surface area contributed by atoms with Crippen LogP contribution in [0.15, 0.2) is 30.3 Å². The third-order valence-corrected chi connectivity index (χ3v) is 6.23. The highest BCUT2D eigenvalue weighted by Gasteiger charge is 2.45. The molecule has 2 aromatic carbocycles. The maximum atomic E-state index is 13.2. The Morgan fingerprint density at radius 1 is 1.21 bits per heavy atom. The molecular formula is C21H19Cl2F3N2O. The fraction of sp³-hybridized carbons (Fsp3) is 0.381. The Morgan fingerprint density at radius 3 is 2.55 bits per heavy atom. The topological polar surface area (TPSA) is 32.3 Å². The Balaban J connectivity index is 1.51. The van der Waals surface area contributed by atoms with Crippen molar-refractivity contribution in [1.82, 2.24) is 0 Å². The van der Waals surface area contributed by atoms with Gasteiger partial charge >= 0.3 is 0 Å². The van der Waals surface area contributed by atoms with Crippen LogP contribution in [0.25, 0.3) is 0 Å². The minimum atomic E-state index is -2.66. The molecular weight excluding hydrogens is 424 g/mol. The predicted octanol–water partition coefficient (Wildman–Crippen LogP) is 6.07. The third kappa shape index (κ3) is 4.33. The van der Waals surface area contributed by atoms with E-state index in [9.17, 15) is 18.0 Å². The van der Waals surface area contributed by atoms with E-state index in [0.29, 0.717) is 28.7 Å². The second-order valence-corrected chi connectivity index (χ2v) is 8.50. The summed E-state index contributed by atoms with van der Waals surface area (Å²) in [5.41, 5.74) is 3.02. The molecule has 0 saturated heterocycles. The average molecular weight is 443 g/mol. The quantitative estimate of drug-likeness (QED) is 0.622. The van der Waals surface area contributed by atoms with E-state index in [0.717, 1.165) is 23.4 Å². The Kier molecular flexibility index (Phi) is 5.42. The number of amides is 1. The lowest BCUT2D eigenvalue weighted by atomic mass is 9.79. The predicted molar refractivity (Wildman–Crippen MR) is 109 cm³/mol. The lowest BCUT2D eigenvalue weighted by Crippen LogP contribution is -2.37. The molecule has 1 aliphatic heterocycles. The van der Waals surface area contributed by atoms with Gasteiger partial charge in [0.2, 0.25) is 11.8 Å². The number of carbonyl (C=O) groups excluding carboxylic acids is 1. The van der Waals surface area contributed by atoms with Crippen LogP contribution >= 0.6 is 23.2 Å². The molecule has 0 atom stereocenters. The van der Waals surface area contributed by atoms with Crippen LogP contribution in [-0.2, 0) is 17.8 Å². The van der Waals surface area contributed by atoms with Crippen molar-refractivity contribution in [3.63, 3.8) is 0 Å². The van der Waals surface area contributed by atoms with E-state index < -0.39 is 5.92 Å². The first kappa shape index (κ1) is 20.4. The largest absolute Gasteiger partial charge is 0.367 e. The molecule has 1 N–H and O–H groups in total. The summed E-state index contributed by atoms with van der Waals surface area (Å²) in [6.45, 7) is 1.22. The van der Waals surface area contributed by atoms with Crippen molar-refractivity contribution in [3.05, 3.63) is 57.3 Å². The van der Waals surface area contributed by atoms with Crippen LogP contribution < -0.4 is 10.2 Å². The number of nitrogens with zero attached hydrogens (tertiary/aromatic N) is 1. The summed E-state index contributed by atoms with van der Waals surface area (Å²) in [6.07, 6.45) is 0.190. The molecule has 0 unspecified atom stereocenters. The number of nitrogens with one attached hydrogen (secondary N) is 1. The number of hydrogen-bond acceptors (Lipinski definition) is 2. The van der Waals surface area contributed by atoms with Gasteiger partial charge < -0.3 is 10.2 Å². The molecule has 1 heterocycles. The van der Waals surface area contributed by atoms with Crippen molar-refractivity contribution in [1.29, 1.82) is 0 Å². The summed E-state index contributed by atoms with van der Waals surface area (Å²) in [5, 5.41) is 3.38. The van der Waals surface area contributed by atoms with Crippen molar-refractivity contribution in [2.75, 3.05) is 16.8 Å². The maximum Gasteiger partial charge on any atom is 0.248 e. The van der Waals surface area contributed by atoms with Crippen molar-refractivity contribution >= 4 is 40.5 Å². The standard InChI is InChI=1S/C21H19Cl2F3N2O/c22-17-8-13-5-6-28(15-3-1-14(24)2-4-15)11-16(13)19(23)20(17)27-18(29)7-12-9-21(25,26)10-12/h1-4,8,12H,5-7,9-11H2,(H,27,29). The lowest BCUT2D eigenvalue weighted by molar-refractivity contribution is -0.129. The number of fused-ring (bicyclic) bond motifs is 1. The minimum absolute atomic E-state index is 0.0149. The van der Waals surface area contributed by atoms with Crippen molar-refractivity contribution in [2.24, 2.45) is 5.92 Å². The summed E-state index contributed by atoms with van der Waals surface area (Å²) in [5.74, 6) is -3.66.